The topological polar surface area (TPSA) is 79.4 Å². The third-order valence-electron chi connectivity index (χ3n) is 4.29. The first kappa shape index (κ1) is 18.2. The normalized spacial score (nSPS) is 18.5. The van der Waals surface area contributed by atoms with Crippen LogP contribution in [0.5, 0.6) is 0 Å². The monoisotopic (exact) mass is 381 g/mol. The summed E-state index contributed by atoms with van der Waals surface area (Å²) in [5, 5.41) is 2.58. The summed E-state index contributed by atoms with van der Waals surface area (Å²) >= 11 is 0. The van der Waals surface area contributed by atoms with Gasteiger partial charge in [0, 0.05) is 19.3 Å². The molecule has 26 heavy (non-hydrogen) atoms. The summed E-state index contributed by atoms with van der Waals surface area (Å²) in [6, 6.07) is 4.50. The summed E-state index contributed by atoms with van der Waals surface area (Å²) < 4.78 is 50.7. The maximum atomic E-state index is 13.7. The molecule has 1 N–H and O–H groups in total. The van der Waals surface area contributed by atoms with E-state index in [9.17, 15) is 22.0 Å². The van der Waals surface area contributed by atoms with E-state index in [0.717, 1.165) is 12.1 Å². The van der Waals surface area contributed by atoms with Gasteiger partial charge in [-0.05, 0) is 24.6 Å². The number of para-hydroxylation sites is 1. The Morgan fingerprint density at radius 1 is 1.27 bits per heavy atom. The number of sulfone groups is 1. The van der Waals surface area contributed by atoms with Crippen molar-refractivity contribution in [2.24, 2.45) is 0 Å². The minimum atomic E-state index is -3.12. The number of hydrogen-bond donors (Lipinski definition) is 1. The summed E-state index contributed by atoms with van der Waals surface area (Å²) in [5.41, 5.74) is 0.0972. The van der Waals surface area contributed by atoms with Gasteiger partial charge in [-0.15, -0.1) is 0 Å². The largest absolute Gasteiger partial charge is 0.349 e. The lowest BCUT2D eigenvalue weighted by Crippen LogP contribution is -2.37. The van der Waals surface area contributed by atoms with Crippen molar-refractivity contribution in [3.05, 3.63) is 53.9 Å². The lowest BCUT2D eigenvalue weighted by Gasteiger charge is -2.23. The average Bonchev–Trinajstić information content (AvgIpc) is 2.97. The molecule has 1 aromatic carbocycles. The molecule has 0 spiro atoms. The highest BCUT2D eigenvalue weighted by atomic mass is 32.2. The van der Waals surface area contributed by atoms with Crippen molar-refractivity contribution in [1.82, 2.24) is 9.88 Å². The summed E-state index contributed by atoms with van der Waals surface area (Å²) in [7, 11) is -1.59. The molecule has 2 aromatic rings. The zero-order valence-corrected chi connectivity index (χ0v) is 14.8. The van der Waals surface area contributed by atoms with Crippen LogP contribution in [-0.4, -0.2) is 48.8 Å². The van der Waals surface area contributed by atoms with Gasteiger partial charge in [0.05, 0.1) is 29.0 Å². The van der Waals surface area contributed by atoms with Gasteiger partial charge in [-0.1, -0.05) is 6.07 Å². The molecule has 3 rings (SSSR count). The molecule has 0 bridgehead atoms. The molecule has 9 heteroatoms. The average molecular weight is 381 g/mol. The lowest BCUT2D eigenvalue weighted by atomic mass is 10.1. The van der Waals surface area contributed by atoms with E-state index in [1.807, 2.05) is 0 Å². The molecule has 1 aliphatic heterocycles. The summed E-state index contributed by atoms with van der Waals surface area (Å²) in [6.45, 7) is 0. The SMILES string of the molecule is CN(C(=O)c1cncc(Nc2c(F)cccc2F)c1)C1CCS(=O)(=O)C1. The molecule has 6 nitrogen and oxygen atoms in total. The van der Waals surface area contributed by atoms with E-state index in [4.69, 9.17) is 0 Å². The molecule has 1 fully saturated rings. The van der Waals surface area contributed by atoms with Crippen LogP contribution in [0.4, 0.5) is 20.2 Å². The second-order valence-electron chi connectivity index (χ2n) is 6.16. The Labute approximate surface area is 149 Å². The van der Waals surface area contributed by atoms with Crippen LogP contribution >= 0.6 is 0 Å². The molecule has 2 heterocycles. The highest BCUT2D eigenvalue weighted by molar-refractivity contribution is 7.91. The van der Waals surface area contributed by atoms with Crippen molar-refractivity contribution in [3.8, 4) is 0 Å². The Morgan fingerprint density at radius 2 is 1.96 bits per heavy atom. The Morgan fingerprint density at radius 3 is 2.58 bits per heavy atom. The van der Waals surface area contributed by atoms with Crippen molar-refractivity contribution in [2.45, 2.75) is 12.5 Å². The second-order valence-corrected chi connectivity index (χ2v) is 8.39. The predicted molar refractivity (Wildman–Crippen MR) is 93.0 cm³/mol. The van der Waals surface area contributed by atoms with E-state index >= 15 is 0 Å². The molecule has 1 unspecified atom stereocenters. The number of halogens is 2. The summed E-state index contributed by atoms with van der Waals surface area (Å²) in [4.78, 5) is 17.9. The Kier molecular flexibility index (Phi) is 4.90. The number of anilines is 2. The number of rotatable bonds is 4. The van der Waals surface area contributed by atoms with Crippen molar-refractivity contribution in [2.75, 3.05) is 23.9 Å². The van der Waals surface area contributed by atoms with Crippen molar-refractivity contribution >= 4 is 27.1 Å². The van der Waals surface area contributed by atoms with Gasteiger partial charge >= 0.3 is 0 Å². The van der Waals surface area contributed by atoms with E-state index in [1.54, 1.807) is 0 Å². The molecular formula is C17H17F2N3O3S. The maximum Gasteiger partial charge on any atom is 0.255 e. The third kappa shape index (κ3) is 3.82. The van der Waals surface area contributed by atoms with Crippen LogP contribution < -0.4 is 5.32 Å². The highest BCUT2D eigenvalue weighted by Crippen LogP contribution is 2.24. The summed E-state index contributed by atoms with van der Waals surface area (Å²) in [5.74, 6) is -1.95. The van der Waals surface area contributed by atoms with E-state index < -0.39 is 33.4 Å². The van der Waals surface area contributed by atoms with Crippen molar-refractivity contribution in [1.29, 1.82) is 0 Å². The third-order valence-corrected chi connectivity index (χ3v) is 6.04. The van der Waals surface area contributed by atoms with Crippen LogP contribution in [0, 0.1) is 11.6 Å². The molecule has 1 aliphatic rings. The number of benzene rings is 1. The molecular weight excluding hydrogens is 364 g/mol. The minimum Gasteiger partial charge on any atom is -0.349 e. The first-order chi connectivity index (χ1) is 12.3. The first-order valence-electron chi connectivity index (χ1n) is 7.90. The number of aromatic nitrogens is 1. The van der Waals surface area contributed by atoms with Gasteiger partial charge in [0.15, 0.2) is 9.84 Å². The van der Waals surface area contributed by atoms with Crippen molar-refractivity contribution < 1.29 is 22.0 Å². The molecule has 1 atom stereocenters. The van der Waals surface area contributed by atoms with E-state index in [2.05, 4.69) is 10.3 Å². The smallest absolute Gasteiger partial charge is 0.255 e. The molecule has 0 saturated carbocycles. The van der Waals surface area contributed by atoms with Crippen LogP contribution in [0.3, 0.4) is 0 Å². The number of nitrogens with zero attached hydrogens (tertiary/aromatic N) is 2. The highest BCUT2D eigenvalue weighted by Gasteiger charge is 2.33. The maximum absolute atomic E-state index is 13.7. The van der Waals surface area contributed by atoms with Crippen LogP contribution in [0.2, 0.25) is 0 Å². The fourth-order valence-corrected chi connectivity index (χ4v) is 4.61. The zero-order valence-electron chi connectivity index (χ0n) is 13.9. The molecule has 138 valence electrons. The number of hydrogen-bond acceptors (Lipinski definition) is 5. The van der Waals surface area contributed by atoms with Crippen LogP contribution in [0.1, 0.15) is 16.8 Å². The van der Waals surface area contributed by atoms with E-state index in [-0.39, 0.29) is 28.4 Å². The molecule has 1 saturated heterocycles. The Bertz CT molecular complexity index is 930. The molecule has 1 amide bonds. The number of carbonyl (C=O) groups is 1. The van der Waals surface area contributed by atoms with Gasteiger partial charge in [-0.3, -0.25) is 9.78 Å². The van der Waals surface area contributed by atoms with Gasteiger partial charge < -0.3 is 10.2 Å². The Hall–Kier alpha value is -2.55. The van der Waals surface area contributed by atoms with E-state index in [0.29, 0.717) is 6.42 Å². The second kappa shape index (κ2) is 6.99. The zero-order chi connectivity index (χ0) is 18.9. The fourth-order valence-electron chi connectivity index (χ4n) is 2.84. The van der Waals surface area contributed by atoms with Gasteiger partial charge in [0.1, 0.15) is 17.3 Å². The Balaban J connectivity index is 1.80. The standard InChI is InChI=1S/C17H17F2N3O3S/c1-22(13-5-6-26(24,25)10-13)17(23)11-7-12(9-20-8-11)21-16-14(18)3-2-4-15(16)19/h2-4,7-9,13,21H,5-6,10H2,1H3. The number of nitrogens with one attached hydrogen (secondary N) is 1. The number of pyridine rings is 1. The molecule has 0 aliphatic carbocycles. The van der Waals surface area contributed by atoms with Crippen LogP contribution in [-0.2, 0) is 9.84 Å². The number of amides is 1. The van der Waals surface area contributed by atoms with E-state index in [1.165, 1.54) is 36.5 Å². The minimum absolute atomic E-state index is 0.0572. The van der Waals surface area contributed by atoms with Gasteiger partial charge in [0.25, 0.3) is 5.91 Å². The molecule has 0 radical (unpaired) electrons. The first-order valence-corrected chi connectivity index (χ1v) is 9.72. The van der Waals surface area contributed by atoms with Gasteiger partial charge in [0.2, 0.25) is 0 Å². The molecule has 1 aromatic heterocycles. The van der Waals surface area contributed by atoms with Crippen LogP contribution in [0.25, 0.3) is 0 Å². The predicted octanol–water partition coefficient (Wildman–Crippen LogP) is 2.36. The quantitative estimate of drug-likeness (QED) is 0.880. The van der Waals surface area contributed by atoms with Crippen molar-refractivity contribution in [3.63, 3.8) is 0 Å². The summed E-state index contributed by atoms with van der Waals surface area (Å²) in [6.07, 6.45) is 3.05. The fraction of sp³-hybridized carbons (Fsp3) is 0.294. The van der Waals surface area contributed by atoms with Gasteiger partial charge in [-0.25, -0.2) is 17.2 Å². The number of carbonyl (C=O) groups excluding carboxylic acids is 1. The van der Waals surface area contributed by atoms with Crippen LogP contribution in [0.15, 0.2) is 36.7 Å². The lowest BCUT2D eigenvalue weighted by molar-refractivity contribution is 0.0747. The van der Waals surface area contributed by atoms with Gasteiger partial charge in [-0.2, -0.15) is 0 Å².